The Kier molecular flexibility index (Phi) is 3.91. The first-order valence-corrected chi connectivity index (χ1v) is 8.20. The van der Waals surface area contributed by atoms with Gasteiger partial charge in [-0.2, -0.15) is 0 Å². The maximum absolute atomic E-state index is 11.6. The summed E-state index contributed by atoms with van der Waals surface area (Å²) in [6.45, 7) is 0. The summed E-state index contributed by atoms with van der Waals surface area (Å²) in [5.74, 6) is 0. The van der Waals surface area contributed by atoms with Crippen LogP contribution in [-0.2, 0) is 0 Å². The molecule has 1 N–H and O–H groups in total. The molecule has 0 aliphatic heterocycles. The van der Waals surface area contributed by atoms with Gasteiger partial charge in [-0.1, -0.05) is 12.1 Å². The molecule has 1 aliphatic rings. The molecule has 120 valence electrons. The average Bonchev–Trinajstić information content (AvgIpc) is 3.21. The predicted molar refractivity (Wildman–Crippen MR) is 92.6 cm³/mol. The predicted octanol–water partition coefficient (Wildman–Crippen LogP) is 3.53. The molecular weight excluding hydrogens is 352 g/mol. The lowest BCUT2D eigenvalue weighted by Crippen LogP contribution is -2.28. The Morgan fingerprint density at radius 1 is 0.917 bits per heavy atom. The smallest absolute Gasteiger partial charge is 0.357 e. The summed E-state index contributed by atoms with van der Waals surface area (Å²) in [5.41, 5.74) is -3.28. The van der Waals surface area contributed by atoms with Crippen molar-refractivity contribution in [3.63, 3.8) is 0 Å². The Balaban J connectivity index is 2.44. The minimum absolute atomic E-state index is 0.250. The van der Waals surface area contributed by atoms with Crippen LogP contribution in [0.15, 0.2) is 46.4 Å². The Bertz CT molecular complexity index is 861. The maximum Gasteiger partial charge on any atom is 0.357 e. The highest BCUT2D eigenvalue weighted by molar-refractivity contribution is 7.13. The minimum atomic E-state index is -0.885. The van der Waals surface area contributed by atoms with E-state index in [1.54, 1.807) is 22.9 Å². The molecule has 24 heavy (non-hydrogen) atoms. The van der Waals surface area contributed by atoms with E-state index < -0.39 is 32.7 Å². The topological polar surface area (TPSA) is 132 Å². The number of allylic oxidation sites excluding steroid dienone is 2. The van der Waals surface area contributed by atoms with E-state index in [0.29, 0.717) is 4.88 Å². The lowest BCUT2D eigenvalue weighted by molar-refractivity contribution is -0.477. The number of nitrogens with zero attached hydrogens (tertiary/aromatic N) is 3. The molecular formula is C14H7N4O4S2-. The lowest BCUT2D eigenvalue weighted by atomic mass is 9.88. The van der Waals surface area contributed by atoms with Crippen LogP contribution in [0, 0.1) is 25.6 Å². The van der Waals surface area contributed by atoms with Crippen LogP contribution in [-0.4, -0.2) is 21.3 Å². The highest BCUT2D eigenvalue weighted by atomic mass is 32.1. The van der Waals surface area contributed by atoms with Gasteiger partial charge in [0.2, 0.25) is 0 Å². The Morgan fingerprint density at radius 3 is 1.79 bits per heavy atom. The van der Waals surface area contributed by atoms with Crippen molar-refractivity contribution < 1.29 is 9.85 Å². The first-order chi connectivity index (χ1) is 11.4. The normalized spacial score (nSPS) is 15.2. The number of nitrogens with one attached hydrogen (secondary N) is 1. The van der Waals surface area contributed by atoms with Crippen molar-refractivity contribution in [3.8, 4) is 0 Å². The zero-order valence-corrected chi connectivity index (χ0v) is 13.4. The van der Waals surface area contributed by atoms with Crippen LogP contribution >= 0.6 is 22.7 Å². The fraction of sp³-hybridized carbons (Fsp3) is 0. The quantitative estimate of drug-likeness (QED) is 0.508. The van der Waals surface area contributed by atoms with Gasteiger partial charge < -0.3 is 10.8 Å². The van der Waals surface area contributed by atoms with E-state index in [-0.39, 0.29) is 16.0 Å². The van der Waals surface area contributed by atoms with Crippen LogP contribution < -0.4 is 0 Å². The monoisotopic (exact) mass is 359 g/mol. The van der Waals surface area contributed by atoms with Crippen molar-refractivity contribution in [3.05, 3.63) is 81.8 Å². The van der Waals surface area contributed by atoms with Crippen molar-refractivity contribution in [1.82, 2.24) is 0 Å². The maximum atomic E-state index is 11.6. The van der Waals surface area contributed by atoms with E-state index in [2.05, 4.69) is 0 Å². The van der Waals surface area contributed by atoms with Gasteiger partial charge in [-0.3, -0.25) is 20.2 Å². The molecule has 0 fully saturated rings. The molecule has 2 aromatic rings. The van der Waals surface area contributed by atoms with Crippen LogP contribution in [0.4, 0.5) is 0 Å². The third-order valence-electron chi connectivity index (χ3n) is 3.32. The molecule has 1 aliphatic carbocycles. The largest absolute Gasteiger partial charge is 0.801 e. The van der Waals surface area contributed by atoms with E-state index in [0.717, 1.165) is 22.7 Å². The lowest BCUT2D eigenvalue weighted by Gasteiger charge is -2.23. The summed E-state index contributed by atoms with van der Waals surface area (Å²) >= 11 is 2.19. The van der Waals surface area contributed by atoms with E-state index in [1.165, 1.54) is 12.1 Å². The standard InChI is InChI=1S/C14H7N4O4S2/c15-11-9(7-3-1-5-23-7)13(17(19)20)14(18(21)22)10(12(11)16)8-4-2-6-24-8/h1-6,15H/q-1. The number of thiophene rings is 2. The summed E-state index contributed by atoms with van der Waals surface area (Å²) in [6, 6.07) is 6.23. The van der Waals surface area contributed by atoms with E-state index in [4.69, 9.17) is 5.41 Å². The molecule has 0 radical (unpaired) electrons. The van der Waals surface area contributed by atoms with Gasteiger partial charge in [0.05, 0.1) is 21.1 Å². The molecule has 0 spiro atoms. The Labute approximate surface area is 142 Å². The minimum Gasteiger partial charge on any atom is -0.801 e. The first kappa shape index (κ1) is 15.9. The van der Waals surface area contributed by atoms with Crippen molar-refractivity contribution >= 4 is 45.2 Å². The van der Waals surface area contributed by atoms with Gasteiger partial charge >= 0.3 is 11.4 Å². The summed E-state index contributed by atoms with van der Waals surface area (Å²) in [7, 11) is 0. The molecule has 0 unspecified atom stereocenters. The fourth-order valence-electron chi connectivity index (χ4n) is 2.38. The molecule has 2 heterocycles. The van der Waals surface area contributed by atoms with Crippen LogP contribution in [0.2, 0.25) is 0 Å². The molecule has 3 rings (SSSR count). The Morgan fingerprint density at radius 2 is 1.38 bits per heavy atom. The average molecular weight is 359 g/mol. The molecule has 0 amide bonds. The van der Waals surface area contributed by atoms with E-state index in [9.17, 15) is 25.6 Å². The van der Waals surface area contributed by atoms with Crippen molar-refractivity contribution in [1.29, 1.82) is 5.41 Å². The summed E-state index contributed by atoms with van der Waals surface area (Å²) in [4.78, 5) is 22.0. The van der Waals surface area contributed by atoms with Gasteiger partial charge in [-0.15, -0.1) is 28.4 Å². The molecule has 0 aromatic carbocycles. The summed E-state index contributed by atoms with van der Waals surface area (Å²) in [6.07, 6.45) is 0. The summed E-state index contributed by atoms with van der Waals surface area (Å²) in [5, 5.41) is 44.9. The number of hydrogen-bond donors (Lipinski definition) is 1. The second kappa shape index (κ2) is 5.91. The van der Waals surface area contributed by atoms with Gasteiger partial charge in [0.15, 0.2) is 0 Å². The van der Waals surface area contributed by atoms with Gasteiger partial charge in [0, 0.05) is 9.75 Å². The molecule has 0 saturated heterocycles. The van der Waals surface area contributed by atoms with Crippen LogP contribution in [0.3, 0.4) is 0 Å². The number of hydrogen-bond acceptors (Lipinski definition) is 7. The molecule has 0 atom stereocenters. The van der Waals surface area contributed by atoms with Gasteiger partial charge in [0.1, 0.15) is 5.57 Å². The second-order valence-corrected chi connectivity index (χ2v) is 6.54. The molecule has 10 heteroatoms. The molecule has 2 aromatic heterocycles. The third kappa shape index (κ3) is 2.37. The van der Waals surface area contributed by atoms with Crippen LogP contribution in [0.1, 0.15) is 9.75 Å². The van der Waals surface area contributed by atoms with Gasteiger partial charge in [0.25, 0.3) is 0 Å². The summed E-state index contributed by atoms with van der Waals surface area (Å²) < 4.78 is 0. The van der Waals surface area contributed by atoms with E-state index in [1.807, 2.05) is 0 Å². The molecule has 8 nitrogen and oxygen atoms in total. The van der Waals surface area contributed by atoms with E-state index >= 15 is 0 Å². The zero-order chi connectivity index (χ0) is 17.4. The Hall–Kier alpha value is -2.98. The highest BCUT2D eigenvalue weighted by Gasteiger charge is 2.43. The fourth-order valence-corrected chi connectivity index (χ4v) is 3.93. The second-order valence-electron chi connectivity index (χ2n) is 4.64. The zero-order valence-electron chi connectivity index (χ0n) is 11.8. The van der Waals surface area contributed by atoms with Crippen molar-refractivity contribution in [2.75, 3.05) is 0 Å². The SMILES string of the molecule is [N-]=C1C(=N)C(c2cccs2)=C([N+](=O)[O-])C([N+](=O)[O-])=C1c1cccs1. The van der Waals surface area contributed by atoms with Crippen molar-refractivity contribution in [2.24, 2.45) is 0 Å². The number of rotatable bonds is 4. The number of nitro groups is 2. The van der Waals surface area contributed by atoms with Crippen molar-refractivity contribution in [2.45, 2.75) is 0 Å². The van der Waals surface area contributed by atoms with Gasteiger partial charge in [-0.05, 0) is 22.9 Å². The van der Waals surface area contributed by atoms with Gasteiger partial charge in [-0.25, -0.2) is 0 Å². The van der Waals surface area contributed by atoms with Crippen LogP contribution in [0.5, 0.6) is 0 Å². The third-order valence-corrected chi connectivity index (χ3v) is 5.10. The molecule has 0 bridgehead atoms. The highest BCUT2D eigenvalue weighted by Crippen LogP contribution is 2.39. The first-order valence-electron chi connectivity index (χ1n) is 6.44. The molecule has 0 saturated carbocycles. The van der Waals surface area contributed by atoms with Crippen LogP contribution in [0.25, 0.3) is 16.6 Å².